The van der Waals surface area contributed by atoms with Gasteiger partial charge in [0.2, 0.25) is 5.91 Å². The molecule has 1 amide bonds. The third-order valence-corrected chi connectivity index (χ3v) is 4.50. The zero-order valence-corrected chi connectivity index (χ0v) is 17.2. The Hall–Kier alpha value is -3.13. The Bertz CT molecular complexity index is 934. The summed E-state index contributed by atoms with van der Waals surface area (Å²) in [5.41, 5.74) is 2.47. The number of aromatic nitrogens is 3. The molecule has 0 fully saturated rings. The van der Waals surface area contributed by atoms with Gasteiger partial charge >= 0.3 is 0 Å². The molecule has 1 atom stereocenters. The molecule has 0 aliphatic heterocycles. The van der Waals surface area contributed by atoms with Crippen LogP contribution in [0, 0.1) is 5.92 Å². The fourth-order valence-electron chi connectivity index (χ4n) is 3.11. The molecule has 1 unspecified atom stereocenters. The summed E-state index contributed by atoms with van der Waals surface area (Å²) in [5.74, 6) is 1.49. The lowest BCUT2D eigenvalue weighted by molar-refractivity contribution is -0.118. The molecule has 3 aromatic rings. The van der Waals surface area contributed by atoms with Gasteiger partial charge in [0, 0.05) is 37.1 Å². The second-order valence-corrected chi connectivity index (χ2v) is 7.36. The Labute approximate surface area is 170 Å². The van der Waals surface area contributed by atoms with Crippen molar-refractivity contribution >= 4 is 11.6 Å². The van der Waals surface area contributed by atoms with Crippen molar-refractivity contribution in [1.29, 1.82) is 0 Å². The number of methoxy groups -OCH3 is 1. The maximum absolute atomic E-state index is 12.9. The highest BCUT2D eigenvalue weighted by Crippen LogP contribution is 2.32. The molecule has 0 aliphatic carbocycles. The molecular formula is C21H27N5O3. The van der Waals surface area contributed by atoms with E-state index in [1.54, 1.807) is 30.3 Å². The Morgan fingerprint density at radius 3 is 2.76 bits per heavy atom. The van der Waals surface area contributed by atoms with Crippen LogP contribution < -0.4 is 15.4 Å². The molecule has 1 aromatic carbocycles. The predicted octanol–water partition coefficient (Wildman–Crippen LogP) is 3.23. The largest absolute Gasteiger partial charge is 0.496 e. The van der Waals surface area contributed by atoms with Crippen LogP contribution in [0.2, 0.25) is 0 Å². The molecule has 154 valence electrons. The zero-order chi connectivity index (χ0) is 20.8. The second-order valence-electron chi connectivity index (χ2n) is 7.36. The number of hydrogen-bond acceptors (Lipinski definition) is 6. The topological polar surface area (TPSA) is 94.2 Å². The molecule has 2 heterocycles. The molecule has 29 heavy (non-hydrogen) atoms. The first-order chi connectivity index (χ1) is 14.0. The molecule has 0 spiro atoms. The minimum atomic E-state index is -0.324. The van der Waals surface area contributed by atoms with E-state index in [1.165, 1.54) is 6.39 Å². The molecule has 2 aromatic heterocycles. The first-order valence-electron chi connectivity index (χ1n) is 9.55. The van der Waals surface area contributed by atoms with Crippen molar-refractivity contribution < 1.29 is 13.9 Å². The van der Waals surface area contributed by atoms with E-state index in [0.29, 0.717) is 29.7 Å². The minimum absolute atomic E-state index is 0.0861. The molecule has 2 N–H and O–H groups in total. The van der Waals surface area contributed by atoms with E-state index in [2.05, 4.69) is 34.6 Å². The summed E-state index contributed by atoms with van der Waals surface area (Å²) in [5, 5.41) is 10.5. The molecule has 0 aliphatic rings. The number of hydrogen-bond donors (Lipinski definition) is 2. The zero-order valence-electron chi connectivity index (χ0n) is 17.2. The van der Waals surface area contributed by atoms with Gasteiger partial charge in [-0.25, -0.2) is 4.98 Å². The monoisotopic (exact) mass is 397 g/mol. The van der Waals surface area contributed by atoms with Crippen LogP contribution in [-0.4, -0.2) is 33.8 Å². The number of nitrogens with zero attached hydrogens (tertiary/aromatic N) is 3. The van der Waals surface area contributed by atoms with Gasteiger partial charge in [0.1, 0.15) is 5.75 Å². The van der Waals surface area contributed by atoms with Crippen molar-refractivity contribution in [3.63, 3.8) is 0 Å². The minimum Gasteiger partial charge on any atom is -0.496 e. The summed E-state index contributed by atoms with van der Waals surface area (Å²) in [6, 6.07) is 5.13. The summed E-state index contributed by atoms with van der Waals surface area (Å²) in [4.78, 5) is 16.9. The number of carbonyl (C=O) groups is 1. The summed E-state index contributed by atoms with van der Waals surface area (Å²) in [7, 11) is 3.45. The highest BCUT2D eigenvalue weighted by molar-refractivity contribution is 5.95. The lowest BCUT2D eigenvalue weighted by Gasteiger charge is -2.20. The maximum Gasteiger partial charge on any atom is 0.241 e. The van der Waals surface area contributed by atoms with Gasteiger partial charge < -0.3 is 19.8 Å². The van der Waals surface area contributed by atoms with Crippen molar-refractivity contribution in [3.05, 3.63) is 48.7 Å². The Kier molecular flexibility index (Phi) is 6.66. The molecule has 8 nitrogen and oxygen atoms in total. The highest BCUT2D eigenvalue weighted by Gasteiger charge is 2.20. The Morgan fingerprint density at radius 2 is 2.14 bits per heavy atom. The number of carbonyl (C=O) groups excluding carboxylic acids is 1. The lowest BCUT2D eigenvalue weighted by atomic mass is 10.0. The SMILES string of the molecule is COc1cc(NC(=O)C(CC(C)C)NCc2cnn(C)c2)ccc1-c1cnco1. The van der Waals surface area contributed by atoms with Gasteiger partial charge in [-0.05, 0) is 24.5 Å². The summed E-state index contributed by atoms with van der Waals surface area (Å²) in [6.45, 7) is 4.77. The average molecular weight is 397 g/mol. The number of benzene rings is 1. The van der Waals surface area contributed by atoms with E-state index in [1.807, 2.05) is 25.4 Å². The summed E-state index contributed by atoms with van der Waals surface area (Å²) < 4.78 is 12.6. The third-order valence-electron chi connectivity index (χ3n) is 4.50. The molecule has 8 heteroatoms. The van der Waals surface area contributed by atoms with Crippen LogP contribution in [0.3, 0.4) is 0 Å². The van der Waals surface area contributed by atoms with E-state index in [0.717, 1.165) is 17.5 Å². The van der Waals surface area contributed by atoms with Crippen molar-refractivity contribution in [2.24, 2.45) is 13.0 Å². The van der Waals surface area contributed by atoms with E-state index in [4.69, 9.17) is 9.15 Å². The second kappa shape index (κ2) is 9.38. The number of nitrogens with one attached hydrogen (secondary N) is 2. The molecule has 0 saturated carbocycles. The normalized spacial score (nSPS) is 12.2. The van der Waals surface area contributed by atoms with E-state index >= 15 is 0 Å². The lowest BCUT2D eigenvalue weighted by Crippen LogP contribution is -2.41. The highest BCUT2D eigenvalue weighted by atomic mass is 16.5. The molecule has 0 bridgehead atoms. The first kappa shape index (κ1) is 20.6. The van der Waals surface area contributed by atoms with E-state index in [9.17, 15) is 4.79 Å². The van der Waals surface area contributed by atoms with Gasteiger partial charge in [-0.1, -0.05) is 13.8 Å². The van der Waals surface area contributed by atoms with Crippen LogP contribution in [0.5, 0.6) is 5.75 Å². The van der Waals surface area contributed by atoms with Crippen molar-refractivity contribution in [2.75, 3.05) is 12.4 Å². The van der Waals surface area contributed by atoms with Crippen molar-refractivity contribution in [2.45, 2.75) is 32.9 Å². The Morgan fingerprint density at radius 1 is 1.31 bits per heavy atom. The van der Waals surface area contributed by atoms with Crippen LogP contribution in [0.1, 0.15) is 25.8 Å². The van der Waals surface area contributed by atoms with Crippen LogP contribution in [-0.2, 0) is 18.4 Å². The number of anilines is 1. The van der Waals surface area contributed by atoms with Gasteiger partial charge in [0.25, 0.3) is 0 Å². The summed E-state index contributed by atoms with van der Waals surface area (Å²) in [6.07, 6.45) is 7.44. The van der Waals surface area contributed by atoms with Crippen LogP contribution >= 0.6 is 0 Å². The van der Waals surface area contributed by atoms with Crippen LogP contribution in [0.25, 0.3) is 11.3 Å². The molecule has 0 saturated heterocycles. The summed E-state index contributed by atoms with van der Waals surface area (Å²) >= 11 is 0. The standard InChI is InChI=1S/C21H27N5O3/c1-14(2)7-18(23-9-15-10-24-26(3)12-15)21(27)25-16-5-6-17(19(8-16)28-4)20-11-22-13-29-20/h5-6,8,10-14,18,23H,7,9H2,1-4H3,(H,25,27). The quantitative estimate of drug-likeness (QED) is 0.576. The number of rotatable bonds is 9. The van der Waals surface area contributed by atoms with E-state index < -0.39 is 0 Å². The number of ether oxygens (including phenoxy) is 1. The third kappa shape index (κ3) is 5.45. The molecular weight excluding hydrogens is 370 g/mol. The predicted molar refractivity (Wildman–Crippen MR) is 110 cm³/mol. The number of aryl methyl sites for hydroxylation is 1. The molecule has 0 radical (unpaired) electrons. The van der Waals surface area contributed by atoms with Gasteiger partial charge in [-0.3, -0.25) is 9.48 Å². The fraction of sp³-hybridized carbons (Fsp3) is 0.381. The van der Waals surface area contributed by atoms with Gasteiger partial charge in [-0.2, -0.15) is 5.10 Å². The van der Waals surface area contributed by atoms with Gasteiger partial charge in [-0.15, -0.1) is 0 Å². The molecule has 3 rings (SSSR count). The van der Waals surface area contributed by atoms with Gasteiger partial charge in [0.15, 0.2) is 12.2 Å². The van der Waals surface area contributed by atoms with Crippen LogP contribution in [0.15, 0.2) is 47.6 Å². The van der Waals surface area contributed by atoms with Crippen molar-refractivity contribution in [3.8, 4) is 17.1 Å². The van der Waals surface area contributed by atoms with Crippen molar-refractivity contribution in [1.82, 2.24) is 20.1 Å². The smallest absolute Gasteiger partial charge is 0.241 e. The Balaban J connectivity index is 1.71. The fourth-order valence-corrected chi connectivity index (χ4v) is 3.11. The number of oxazole rings is 1. The number of amides is 1. The van der Waals surface area contributed by atoms with Gasteiger partial charge in [0.05, 0.1) is 31.1 Å². The van der Waals surface area contributed by atoms with Crippen LogP contribution in [0.4, 0.5) is 5.69 Å². The van der Waals surface area contributed by atoms with E-state index in [-0.39, 0.29) is 11.9 Å². The average Bonchev–Trinajstić information content (AvgIpc) is 3.36. The first-order valence-corrected chi connectivity index (χ1v) is 9.55. The maximum atomic E-state index is 12.9.